The van der Waals surface area contributed by atoms with Crippen molar-refractivity contribution in [3.8, 4) is 0 Å². The number of aliphatic hydroxyl groups is 1. The molecule has 20 heavy (non-hydrogen) atoms. The zero-order valence-electron chi connectivity index (χ0n) is 12.2. The number of nitrogens with one attached hydrogen (secondary N) is 1. The molecular weight excluding hydrogens is 255 g/mol. The molecule has 112 valence electrons. The van der Waals surface area contributed by atoms with Crippen LogP contribution >= 0.6 is 0 Å². The lowest BCUT2D eigenvalue weighted by molar-refractivity contribution is 0.192. The van der Waals surface area contributed by atoms with Gasteiger partial charge in [-0.1, -0.05) is 19.1 Å². The zero-order chi connectivity index (χ0) is 14.4. The molecule has 1 aliphatic heterocycles. The van der Waals surface area contributed by atoms with E-state index in [0.29, 0.717) is 5.69 Å². The van der Waals surface area contributed by atoms with Crippen molar-refractivity contribution in [2.75, 3.05) is 31.6 Å². The van der Waals surface area contributed by atoms with Crippen LogP contribution in [0.1, 0.15) is 32.6 Å². The minimum Gasteiger partial charge on any atom is -0.394 e. The van der Waals surface area contributed by atoms with Gasteiger partial charge in [-0.05, 0) is 50.9 Å². The van der Waals surface area contributed by atoms with Gasteiger partial charge in [0.05, 0.1) is 17.8 Å². The molecule has 2 N–H and O–H groups in total. The van der Waals surface area contributed by atoms with E-state index in [9.17, 15) is 9.50 Å². The van der Waals surface area contributed by atoms with Gasteiger partial charge >= 0.3 is 0 Å². The molecule has 1 aliphatic rings. The fraction of sp³-hybridized carbons (Fsp3) is 0.625. The summed E-state index contributed by atoms with van der Waals surface area (Å²) in [7, 11) is 0. The number of rotatable bonds is 5. The Kier molecular flexibility index (Phi) is 5.38. The molecular formula is C16H25FN2O. The van der Waals surface area contributed by atoms with E-state index in [1.165, 1.54) is 6.07 Å². The zero-order valence-corrected chi connectivity index (χ0v) is 12.2. The Morgan fingerprint density at radius 3 is 2.80 bits per heavy atom. The number of hydrogen-bond donors (Lipinski definition) is 2. The Hall–Kier alpha value is -1.13. The number of para-hydroxylation sites is 1. The van der Waals surface area contributed by atoms with Gasteiger partial charge < -0.3 is 15.3 Å². The van der Waals surface area contributed by atoms with Gasteiger partial charge in [0.25, 0.3) is 0 Å². The van der Waals surface area contributed by atoms with Crippen LogP contribution in [0.15, 0.2) is 24.3 Å². The summed E-state index contributed by atoms with van der Waals surface area (Å²) in [5.41, 5.74) is 0.0931. The molecule has 3 nitrogen and oxygen atoms in total. The van der Waals surface area contributed by atoms with Crippen molar-refractivity contribution >= 4 is 5.69 Å². The molecule has 1 aromatic carbocycles. The van der Waals surface area contributed by atoms with Crippen LogP contribution < -0.4 is 5.32 Å². The highest BCUT2D eigenvalue weighted by molar-refractivity contribution is 5.47. The highest BCUT2D eigenvalue weighted by Crippen LogP contribution is 2.28. The first-order chi connectivity index (χ1) is 9.69. The molecule has 1 fully saturated rings. The van der Waals surface area contributed by atoms with E-state index in [2.05, 4.69) is 17.1 Å². The van der Waals surface area contributed by atoms with Crippen molar-refractivity contribution in [1.29, 1.82) is 0 Å². The molecule has 4 heteroatoms. The van der Waals surface area contributed by atoms with E-state index in [-0.39, 0.29) is 12.4 Å². The van der Waals surface area contributed by atoms with E-state index in [1.807, 2.05) is 6.07 Å². The first kappa shape index (κ1) is 15.3. The summed E-state index contributed by atoms with van der Waals surface area (Å²) in [6.07, 6.45) is 3.89. The second-order valence-electron chi connectivity index (χ2n) is 5.74. The van der Waals surface area contributed by atoms with Crippen LogP contribution in [0.3, 0.4) is 0 Å². The molecule has 1 atom stereocenters. The van der Waals surface area contributed by atoms with Gasteiger partial charge in [0.1, 0.15) is 5.82 Å². The number of likely N-dealkylation sites (tertiary alicyclic amines) is 1. The molecule has 0 bridgehead atoms. The van der Waals surface area contributed by atoms with Crippen molar-refractivity contribution in [2.24, 2.45) is 0 Å². The van der Waals surface area contributed by atoms with Gasteiger partial charge in [-0.15, -0.1) is 0 Å². The van der Waals surface area contributed by atoms with Crippen molar-refractivity contribution in [1.82, 2.24) is 4.90 Å². The molecule has 1 aromatic rings. The van der Waals surface area contributed by atoms with Crippen LogP contribution in [-0.4, -0.2) is 41.8 Å². The van der Waals surface area contributed by atoms with Gasteiger partial charge in [0, 0.05) is 6.54 Å². The van der Waals surface area contributed by atoms with E-state index in [1.54, 1.807) is 12.1 Å². The van der Waals surface area contributed by atoms with Gasteiger partial charge in [-0.2, -0.15) is 0 Å². The SMILES string of the molecule is CCCN1CCCC(CO)(Nc2ccccc2F)CC1. The average Bonchev–Trinajstić information content (AvgIpc) is 2.66. The summed E-state index contributed by atoms with van der Waals surface area (Å²) in [6, 6.07) is 6.69. The molecule has 0 aromatic heterocycles. The Balaban J connectivity index is 2.08. The molecule has 0 radical (unpaired) electrons. The van der Waals surface area contributed by atoms with E-state index >= 15 is 0 Å². The smallest absolute Gasteiger partial charge is 0.146 e. The van der Waals surface area contributed by atoms with Crippen molar-refractivity contribution < 1.29 is 9.50 Å². The van der Waals surface area contributed by atoms with Crippen molar-refractivity contribution in [3.63, 3.8) is 0 Å². The summed E-state index contributed by atoms with van der Waals surface area (Å²) >= 11 is 0. The summed E-state index contributed by atoms with van der Waals surface area (Å²) in [6.45, 7) is 5.34. The molecule has 0 amide bonds. The third-order valence-corrected chi connectivity index (χ3v) is 4.15. The Morgan fingerprint density at radius 2 is 2.10 bits per heavy atom. The number of aliphatic hydroxyl groups excluding tert-OH is 1. The monoisotopic (exact) mass is 280 g/mol. The predicted octanol–water partition coefficient (Wildman–Crippen LogP) is 2.86. The van der Waals surface area contributed by atoms with Gasteiger partial charge in [-0.3, -0.25) is 0 Å². The first-order valence-electron chi connectivity index (χ1n) is 7.55. The Labute approximate surface area is 120 Å². The Morgan fingerprint density at radius 1 is 1.30 bits per heavy atom. The van der Waals surface area contributed by atoms with Crippen molar-refractivity contribution in [3.05, 3.63) is 30.1 Å². The molecule has 2 rings (SSSR count). The van der Waals surface area contributed by atoms with E-state index < -0.39 is 5.54 Å². The summed E-state index contributed by atoms with van der Waals surface area (Å²) < 4.78 is 13.8. The maximum Gasteiger partial charge on any atom is 0.146 e. The maximum atomic E-state index is 13.8. The van der Waals surface area contributed by atoms with Crippen LogP contribution in [0.25, 0.3) is 0 Å². The van der Waals surface area contributed by atoms with Crippen molar-refractivity contribution in [2.45, 2.75) is 38.1 Å². The second kappa shape index (κ2) is 7.04. The number of nitrogens with zero attached hydrogens (tertiary/aromatic N) is 1. The van der Waals surface area contributed by atoms with Crippen LogP contribution in [0.2, 0.25) is 0 Å². The predicted molar refractivity (Wildman–Crippen MR) is 80.4 cm³/mol. The van der Waals surface area contributed by atoms with E-state index in [0.717, 1.165) is 45.3 Å². The molecule has 0 aliphatic carbocycles. The van der Waals surface area contributed by atoms with E-state index in [4.69, 9.17) is 0 Å². The fourth-order valence-electron chi connectivity index (χ4n) is 2.96. The highest BCUT2D eigenvalue weighted by Gasteiger charge is 2.32. The third-order valence-electron chi connectivity index (χ3n) is 4.15. The number of halogens is 1. The molecule has 0 saturated carbocycles. The van der Waals surface area contributed by atoms with Gasteiger partial charge in [0.15, 0.2) is 0 Å². The molecule has 0 spiro atoms. The third kappa shape index (κ3) is 3.70. The van der Waals surface area contributed by atoms with Crippen LogP contribution in [-0.2, 0) is 0 Å². The fourth-order valence-corrected chi connectivity index (χ4v) is 2.96. The highest BCUT2D eigenvalue weighted by atomic mass is 19.1. The summed E-state index contributed by atoms with van der Waals surface area (Å²) in [4.78, 5) is 2.43. The molecule has 1 saturated heterocycles. The summed E-state index contributed by atoms with van der Waals surface area (Å²) in [5.74, 6) is -0.255. The number of anilines is 1. The van der Waals surface area contributed by atoms with Gasteiger partial charge in [-0.25, -0.2) is 4.39 Å². The maximum absolute atomic E-state index is 13.8. The topological polar surface area (TPSA) is 35.5 Å². The van der Waals surface area contributed by atoms with Crippen LogP contribution in [0.5, 0.6) is 0 Å². The lowest BCUT2D eigenvalue weighted by Gasteiger charge is -2.33. The van der Waals surface area contributed by atoms with Gasteiger partial charge in [0.2, 0.25) is 0 Å². The van der Waals surface area contributed by atoms with Crippen LogP contribution in [0.4, 0.5) is 10.1 Å². The second-order valence-corrected chi connectivity index (χ2v) is 5.74. The summed E-state index contributed by atoms with van der Waals surface area (Å²) in [5, 5.41) is 13.1. The molecule has 1 unspecified atom stereocenters. The quantitative estimate of drug-likeness (QED) is 0.870. The lowest BCUT2D eigenvalue weighted by atomic mass is 9.91. The minimum absolute atomic E-state index is 0.0430. The van der Waals surface area contributed by atoms with Crippen LogP contribution in [0, 0.1) is 5.82 Å². The lowest BCUT2D eigenvalue weighted by Crippen LogP contribution is -2.43. The Bertz CT molecular complexity index is 427. The normalized spacial score (nSPS) is 24.4. The molecule has 1 heterocycles. The minimum atomic E-state index is -0.398. The first-order valence-corrected chi connectivity index (χ1v) is 7.55. The number of hydrogen-bond acceptors (Lipinski definition) is 3. The number of benzene rings is 1. The standard InChI is InChI=1S/C16H25FN2O/c1-2-10-19-11-5-8-16(13-20,9-12-19)18-15-7-4-3-6-14(15)17/h3-4,6-7,18,20H,2,5,8-13H2,1H3. The average molecular weight is 280 g/mol. The largest absolute Gasteiger partial charge is 0.394 e.